The highest BCUT2D eigenvalue weighted by Crippen LogP contribution is 2.16. The van der Waals surface area contributed by atoms with Gasteiger partial charge in [-0.15, -0.1) is 0 Å². The molecule has 0 aliphatic carbocycles. The molecule has 14 heavy (non-hydrogen) atoms. The molecule has 2 nitrogen and oxygen atoms in total. The van der Waals surface area contributed by atoms with Crippen LogP contribution >= 0.6 is 11.6 Å². The second kappa shape index (κ2) is 4.82. The van der Waals surface area contributed by atoms with Crippen LogP contribution in [0.5, 0.6) is 0 Å². The highest BCUT2D eigenvalue weighted by molar-refractivity contribution is 6.31. The lowest BCUT2D eigenvalue weighted by Crippen LogP contribution is -1.80. The van der Waals surface area contributed by atoms with E-state index >= 15 is 0 Å². The SMILES string of the molecule is CC(=O)/C=C/C(C)=C/c1[nH]ccc1Cl. The third kappa shape index (κ3) is 3.23. The summed E-state index contributed by atoms with van der Waals surface area (Å²) in [5.41, 5.74) is 1.84. The van der Waals surface area contributed by atoms with E-state index in [0.717, 1.165) is 11.3 Å². The number of hydrogen-bond donors (Lipinski definition) is 1. The first-order chi connectivity index (χ1) is 6.59. The molecule has 0 unspecified atom stereocenters. The minimum Gasteiger partial charge on any atom is -0.360 e. The second-order valence-electron chi connectivity index (χ2n) is 3.07. The van der Waals surface area contributed by atoms with Gasteiger partial charge in [0, 0.05) is 6.20 Å². The number of ketones is 1. The van der Waals surface area contributed by atoms with Crippen molar-refractivity contribution in [2.45, 2.75) is 13.8 Å². The summed E-state index contributed by atoms with van der Waals surface area (Å²) in [7, 11) is 0. The van der Waals surface area contributed by atoms with Crippen molar-refractivity contribution in [2.75, 3.05) is 0 Å². The maximum Gasteiger partial charge on any atom is 0.152 e. The maximum atomic E-state index is 10.7. The number of aromatic nitrogens is 1. The summed E-state index contributed by atoms with van der Waals surface area (Å²) in [5, 5.41) is 0.681. The second-order valence-corrected chi connectivity index (χ2v) is 3.48. The zero-order chi connectivity index (χ0) is 10.6. The van der Waals surface area contributed by atoms with E-state index in [-0.39, 0.29) is 5.78 Å². The van der Waals surface area contributed by atoms with Crippen LogP contribution in [0.25, 0.3) is 6.08 Å². The van der Waals surface area contributed by atoms with Gasteiger partial charge in [0.2, 0.25) is 0 Å². The summed E-state index contributed by atoms with van der Waals surface area (Å²) >= 11 is 5.88. The lowest BCUT2D eigenvalue weighted by Gasteiger charge is -1.92. The van der Waals surface area contributed by atoms with Gasteiger partial charge in [-0.2, -0.15) is 0 Å². The Balaban J connectivity index is 2.79. The third-order valence-electron chi connectivity index (χ3n) is 1.68. The molecule has 0 aliphatic rings. The van der Waals surface area contributed by atoms with Crippen LogP contribution < -0.4 is 0 Å². The average Bonchev–Trinajstić information content (AvgIpc) is 2.49. The van der Waals surface area contributed by atoms with Crippen LogP contribution in [0.1, 0.15) is 19.5 Å². The maximum absolute atomic E-state index is 10.7. The Labute approximate surface area is 88.3 Å². The van der Waals surface area contributed by atoms with Crippen LogP contribution in [0.2, 0.25) is 5.02 Å². The van der Waals surface area contributed by atoms with E-state index in [1.165, 1.54) is 13.0 Å². The number of halogens is 1. The Morgan fingerprint density at radius 3 is 2.64 bits per heavy atom. The monoisotopic (exact) mass is 209 g/mol. The molecule has 0 saturated heterocycles. The van der Waals surface area contributed by atoms with Gasteiger partial charge in [-0.05, 0) is 37.6 Å². The number of hydrogen-bond acceptors (Lipinski definition) is 1. The standard InChI is InChI=1S/C11H12ClNO/c1-8(3-4-9(2)14)7-11-10(12)5-6-13-11/h3-7,13H,1-2H3/b4-3+,8-7+. The van der Waals surface area contributed by atoms with Gasteiger partial charge in [0.25, 0.3) is 0 Å². The number of allylic oxidation sites excluding steroid dienone is 3. The largest absolute Gasteiger partial charge is 0.360 e. The van der Waals surface area contributed by atoms with Crippen molar-refractivity contribution in [1.29, 1.82) is 0 Å². The van der Waals surface area contributed by atoms with Gasteiger partial charge in [0.15, 0.2) is 5.78 Å². The number of carbonyl (C=O) groups excluding carboxylic acids is 1. The smallest absolute Gasteiger partial charge is 0.152 e. The molecule has 0 atom stereocenters. The van der Waals surface area contributed by atoms with Crippen LogP contribution in [-0.2, 0) is 4.79 Å². The molecular weight excluding hydrogens is 198 g/mol. The van der Waals surface area contributed by atoms with Gasteiger partial charge in [-0.1, -0.05) is 17.7 Å². The molecule has 1 aromatic heterocycles. The molecule has 0 bridgehead atoms. The zero-order valence-electron chi connectivity index (χ0n) is 8.17. The topological polar surface area (TPSA) is 32.9 Å². The molecule has 1 rings (SSSR count). The Kier molecular flexibility index (Phi) is 3.72. The molecule has 0 aromatic carbocycles. The van der Waals surface area contributed by atoms with Gasteiger partial charge < -0.3 is 4.98 Å². The molecule has 1 N–H and O–H groups in total. The molecule has 74 valence electrons. The van der Waals surface area contributed by atoms with Crippen molar-refractivity contribution in [3.8, 4) is 0 Å². The minimum atomic E-state index is 0.0373. The van der Waals surface area contributed by atoms with Crippen molar-refractivity contribution < 1.29 is 4.79 Å². The Morgan fingerprint density at radius 1 is 1.43 bits per heavy atom. The lowest BCUT2D eigenvalue weighted by atomic mass is 10.2. The van der Waals surface area contributed by atoms with Gasteiger partial charge in [-0.25, -0.2) is 0 Å². The molecule has 0 fully saturated rings. The minimum absolute atomic E-state index is 0.0373. The predicted molar refractivity (Wildman–Crippen MR) is 59.3 cm³/mol. The van der Waals surface area contributed by atoms with Crippen LogP contribution in [0.4, 0.5) is 0 Å². The van der Waals surface area contributed by atoms with E-state index in [1.54, 1.807) is 18.3 Å². The zero-order valence-corrected chi connectivity index (χ0v) is 8.93. The fourth-order valence-corrected chi connectivity index (χ4v) is 1.17. The average molecular weight is 210 g/mol. The molecular formula is C11H12ClNO. The summed E-state index contributed by atoms with van der Waals surface area (Å²) in [6.07, 6.45) is 6.96. The number of nitrogens with one attached hydrogen (secondary N) is 1. The van der Waals surface area contributed by atoms with Gasteiger partial charge in [0.1, 0.15) is 0 Å². The first-order valence-corrected chi connectivity index (χ1v) is 4.67. The summed E-state index contributed by atoms with van der Waals surface area (Å²) in [5.74, 6) is 0.0373. The van der Waals surface area contributed by atoms with E-state index in [4.69, 9.17) is 11.6 Å². The number of carbonyl (C=O) groups is 1. The molecule has 0 amide bonds. The number of H-pyrrole nitrogens is 1. The predicted octanol–water partition coefficient (Wildman–Crippen LogP) is 3.22. The quantitative estimate of drug-likeness (QED) is 0.602. The first kappa shape index (κ1) is 10.8. The van der Waals surface area contributed by atoms with E-state index < -0.39 is 0 Å². The van der Waals surface area contributed by atoms with Crippen molar-refractivity contribution in [3.05, 3.63) is 40.7 Å². The van der Waals surface area contributed by atoms with Crippen LogP contribution in [-0.4, -0.2) is 10.8 Å². The Hall–Kier alpha value is -1.28. The Morgan fingerprint density at radius 2 is 2.14 bits per heavy atom. The first-order valence-electron chi connectivity index (χ1n) is 4.29. The summed E-state index contributed by atoms with van der Waals surface area (Å²) < 4.78 is 0. The molecule has 1 aromatic rings. The van der Waals surface area contributed by atoms with E-state index in [0.29, 0.717) is 5.02 Å². The van der Waals surface area contributed by atoms with Gasteiger partial charge in [0.05, 0.1) is 10.7 Å². The van der Waals surface area contributed by atoms with Crippen molar-refractivity contribution in [3.63, 3.8) is 0 Å². The fraction of sp³-hybridized carbons (Fsp3) is 0.182. The highest BCUT2D eigenvalue weighted by Gasteiger charge is 1.96. The van der Waals surface area contributed by atoms with E-state index in [1.807, 2.05) is 13.0 Å². The summed E-state index contributed by atoms with van der Waals surface area (Å²) in [4.78, 5) is 13.7. The van der Waals surface area contributed by atoms with Crippen LogP contribution in [0, 0.1) is 0 Å². The van der Waals surface area contributed by atoms with Crippen molar-refractivity contribution >= 4 is 23.5 Å². The molecule has 1 heterocycles. The van der Waals surface area contributed by atoms with E-state index in [9.17, 15) is 4.79 Å². The summed E-state index contributed by atoms with van der Waals surface area (Å²) in [6.45, 7) is 3.43. The van der Waals surface area contributed by atoms with Crippen molar-refractivity contribution in [2.24, 2.45) is 0 Å². The van der Waals surface area contributed by atoms with Crippen LogP contribution in [0.3, 0.4) is 0 Å². The highest BCUT2D eigenvalue weighted by atomic mass is 35.5. The molecule has 0 aliphatic heterocycles. The normalized spacial score (nSPS) is 12.4. The van der Waals surface area contributed by atoms with Crippen molar-refractivity contribution in [1.82, 2.24) is 4.98 Å². The molecule has 0 spiro atoms. The Bertz CT molecular complexity index is 388. The lowest BCUT2D eigenvalue weighted by molar-refractivity contribution is -0.112. The fourth-order valence-electron chi connectivity index (χ4n) is 0.999. The molecule has 0 radical (unpaired) electrons. The summed E-state index contributed by atoms with van der Waals surface area (Å²) in [6, 6.07) is 1.79. The van der Waals surface area contributed by atoms with Crippen LogP contribution in [0.15, 0.2) is 30.0 Å². The number of aromatic amines is 1. The van der Waals surface area contributed by atoms with Gasteiger partial charge in [-0.3, -0.25) is 4.79 Å². The molecule has 0 saturated carbocycles. The van der Waals surface area contributed by atoms with Gasteiger partial charge >= 0.3 is 0 Å². The molecule has 3 heteroatoms. The van der Waals surface area contributed by atoms with E-state index in [2.05, 4.69) is 4.98 Å². The third-order valence-corrected chi connectivity index (χ3v) is 2.01. The number of rotatable bonds is 3.